The second-order valence-electron chi connectivity index (χ2n) is 3.56. The molecule has 0 saturated carbocycles. The van der Waals surface area contributed by atoms with Crippen LogP contribution in [0, 0.1) is 0 Å². The van der Waals surface area contributed by atoms with Gasteiger partial charge in [0.05, 0.1) is 25.7 Å². The fourth-order valence-electron chi connectivity index (χ4n) is 0.868. The highest BCUT2D eigenvalue weighted by Crippen LogP contribution is 2.00. The standard InChI is InChI=1S/C11H12O9/c1-6(12)11(18)20-10(17)5-4-9(16)19-8(15)3-2-7(13)14/h2-5H2,1H3,(H,13,14). The molecule has 0 atom stereocenters. The van der Waals surface area contributed by atoms with Crippen molar-refractivity contribution < 1.29 is 43.3 Å². The van der Waals surface area contributed by atoms with Gasteiger partial charge in [-0.25, -0.2) is 4.79 Å². The molecule has 0 aliphatic carbocycles. The first-order valence-corrected chi connectivity index (χ1v) is 5.43. The maximum absolute atomic E-state index is 11.1. The highest BCUT2D eigenvalue weighted by Gasteiger charge is 2.18. The van der Waals surface area contributed by atoms with E-state index < -0.39 is 61.3 Å². The van der Waals surface area contributed by atoms with Gasteiger partial charge in [0.25, 0.3) is 0 Å². The first-order valence-electron chi connectivity index (χ1n) is 5.43. The van der Waals surface area contributed by atoms with E-state index in [4.69, 9.17) is 5.11 Å². The van der Waals surface area contributed by atoms with E-state index >= 15 is 0 Å². The van der Waals surface area contributed by atoms with Gasteiger partial charge in [-0.2, -0.15) is 0 Å². The number of carboxylic acids is 1. The molecule has 0 unspecified atom stereocenters. The summed E-state index contributed by atoms with van der Waals surface area (Å²) in [6.45, 7) is 0.908. The highest BCUT2D eigenvalue weighted by atomic mass is 16.6. The topological polar surface area (TPSA) is 141 Å². The van der Waals surface area contributed by atoms with E-state index in [2.05, 4.69) is 9.47 Å². The number of carboxylic acid groups (broad SMARTS) is 1. The Morgan fingerprint density at radius 1 is 0.750 bits per heavy atom. The minimum Gasteiger partial charge on any atom is -0.481 e. The maximum Gasteiger partial charge on any atom is 0.381 e. The van der Waals surface area contributed by atoms with Gasteiger partial charge in [0.15, 0.2) is 0 Å². The molecule has 1 N–H and O–H groups in total. The van der Waals surface area contributed by atoms with Crippen molar-refractivity contribution >= 4 is 35.6 Å². The zero-order chi connectivity index (χ0) is 15.7. The summed E-state index contributed by atoms with van der Waals surface area (Å²) in [4.78, 5) is 64.4. The fourth-order valence-corrected chi connectivity index (χ4v) is 0.868. The van der Waals surface area contributed by atoms with Gasteiger partial charge in [0.1, 0.15) is 0 Å². The Morgan fingerprint density at radius 3 is 1.55 bits per heavy atom. The zero-order valence-corrected chi connectivity index (χ0v) is 10.5. The second-order valence-corrected chi connectivity index (χ2v) is 3.56. The predicted octanol–water partition coefficient (Wildman–Crippen LogP) is -0.640. The third kappa shape index (κ3) is 8.50. The summed E-state index contributed by atoms with van der Waals surface area (Å²) >= 11 is 0. The number of carbonyl (C=O) groups is 6. The Labute approximate surface area is 112 Å². The van der Waals surface area contributed by atoms with Crippen molar-refractivity contribution in [1.29, 1.82) is 0 Å². The normalized spacial score (nSPS) is 9.45. The molecule has 20 heavy (non-hydrogen) atoms. The number of Topliss-reactive ketones (excluding diaryl/α,β-unsaturated/α-hetero) is 1. The number of esters is 4. The molecule has 0 heterocycles. The molecule has 0 rings (SSSR count). The van der Waals surface area contributed by atoms with Crippen LogP contribution in [0.5, 0.6) is 0 Å². The molecule has 0 aliphatic rings. The summed E-state index contributed by atoms with van der Waals surface area (Å²) < 4.78 is 8.25. The van der Waals surface area contributed by atoms with Crippen LogP contribution in [-0.2, 0) is 38.2 Å². The number of hydrogen-bond donors (Lipinski definition) is 1. The lowest BCUT2D eigenvalue weighted by atomic mass is 10.3. The average Bonchev–Trinajstić information content (AvgIpc) is 2.33. The summed E-state index contributed by atoms with van der Waals surface area (Å²) in [5.41, 5.74) is 0. The molecule has 0 aromatic heterocycles. The Bertz CT molecular complexity index is 449. The summed E-state index contributed by atoms with van der Waals surface area (Å²) in [5.74, 6) is -6.75. The summed E-state index contributed by atoms with van der Waals surface area (Å²) in [7, 11) is 0. The summed E-state index contributed by atoms with van der Waals surface area (Å²) in [5, 5.41) is 8.29. The van der Waals surface area contributed by atoms with E-state index in [-0.39, 0.29) is 0 Å². The van der Waals surface area contributed by atoms with Crippen LogP contribution in [0.1, 0.15) is 32.6 Å². The predicted molar refractivity (Wildman–Crippen MR) is 59.0 cm³/mol. The molecule has 110 valence electrons. The molecule has 0 spiro atoms. The first-order chi connectivity index (χ1) is 9.22. The van der Waals surface area contributed by atoms with Crippen LogP contribution in [0.15, 0.2) is 0 Å². The van der Waals surface area contributed by atoms with Gasteiger partial charge < -0.3 is 14.6 Å². The van der Waals surface area contributed by atoms with E-state index in [9.17, 15) is 28.8 Å². The van der Waals surface area contributed by atoms with Gasteiger partial charge in [0.2, 0.25) is 5.78 Å². The Kier molecular flexibility index (Phi) is 7.41. The number of ketones is 1. The van der Waals surface area contributed by atoms with E-state index in [1.165, 1.54) is 0 Å². The van der Waals surface area contributed by atoms with Gasteiger partial charge in [-0.05, 0) is 0 Å². The second kappa shape index (κ2) is 8.51. The van der Waals surface area contributed by atoms with Crippen LogP contribution >= 0.6 is 0 Å². The van der Waals surface area contributed by atoms with Crippen LogP contribution in [0.25, 0.3) is 0 Å². The van der Waals surface area contributed by atoms with Gasteiger partial charge >= 0.3 is 29.8 Å². The number of ether oxygens (including phenoxy) is 2. The van der Waals surface area contributed by atoms with Crippen molar-refractivity contribution in [3.05, 3.63) is 0 Å². The van der Waals surface area contributed by atoms with Gasteiger partial charge in [0, 0.05) is 6.92 Å². The zero-order valence-electron chi connectivity index (χ0n) is 10.5. The van der Waals surface area contributed by atoms with Crippen LogP contribution in [0.2, 0.25) is 0 Å². The SMILES string of the molecule is CC(=O)C(=O)OC(=O)CCC(=O)OC(=O)CCC(=O)O. The van der Waals surface area contributed by atoms with Crippen molar-refractivity contribution in [2.45, 2.75) is 32.6 Å². The maximum atomic E-state index is 11.1. The molecule has 0 fully saturated rings. The van der Waals surface area contributed by atoms with Crippen molar-refractivity contribution in [2.75, 3.05) is 0 Å². The molecule has 0 aromatic rings. The lowest BCUT2D eigenvalue weighted by Crippen LogP contribution is -2.20. The molecule has 0 bridgehead atoms. The van der Waals surface area contributed by atoms with Crippen LogP contribution in [-0.4, -0.2) is 40.7 Å². The monoisotopic (exact) mass is 288 g/mol. The largest absolute Gasteiger partial charge is 0.481 e. The number of hydrogen-bond acceptors (Lipinski definition) is 8. The number of carbonyl (C=O) groups excluding carboxylic acids is 5. The Balaban J connectivity index is 3.96. The fraction of sp³-hybridized carbons (Fsp3) is 0.455. The van der Waals surface area contributed by atoms with E-state index in [1.807, 2.05) is 0 Å². The van der Waals surface area contributed by atoms with Gasteiger partial charge in [-0.3, -0.25) is 24.0 Å². The molecule has 9 nitrogen and oxygen atoms in total. The number of rotatable bonds is 7. The Hall–Kier alpha value is -2.58. The lowest BCUT2D eigenvalue weighted by Gasteiger charge is -2.02. The first kappa shape index (κ1) is 17.4. The highest BCUT2D eigenvalue weighted by molar-refractivity contribution is 6.34. The lowest BCUT2D eigenvalue weighted by molar-refractivity contribution is -0.166. The quantitative estimate of drug-likeness (QED) is 0.367. The third-order valence-electron chi connectivity index (χ3n) is 1.80. The molecule has 0 amide bonds. The smallest absolute Gasteiger partial charge is 0.381 e. The Morgan fingerprint density at radius 2 is 1.15 bits per heavy atom. The van der Waals surface area contributed by atoms with Crippen LogP contribution in [0.4, 0.5) is 0 Å². The molecule has 9 heteroatoms. The molecular weight excluding hydrogens is 276 g/mol. The van der Waals surface area contributed by atoms with Crippen molar-refractivity contribution in [1.82, 2.24) is 0 Å². The average molecular weight is 288 g/mol. The molecule has 0 saturated heterocycles. The third-order valence-corrected chi connectivity index (χ3v) is 1.80. The minimum atomic E-state index is -1.35. The van der Waals surface area contributed by atoms with E-state index in [0.29, 0.717) is 0 Å². The van der Waals surface area contributed by atoms with Crippen molar-refractivity contribution in [3.8, 4) is 0 Å². The summed E-state index contributed by atoms with van der Waals surface area (Å²) in [6, 6.07) is 0. The molecule has 0 aliphatic heterocycles. The number of aliphatic carboxylic acids is 1. The van der Waals surface area contributed by atoms with Gasteiger partial charge in [-0.15, -0.1) is 0 Å². The van der Waals surface area contributed by atoms with Gasteiger partial charge in [-0.1, -0.05) is 0 Å². The van der Waals surface area contributed by atoms with Crippen molar-refractivity contribution in [3.63, 3.8) is 0 Å². The van der Waals surface area contributed by atoms with E-state index in [0.717, 1.165) is 6.92 Å². The van der Waals surface area contributed by atoms with E-state index in [1.54, 1.807) is 0 Å². The molecule has 0 radical (unpaired) electrons. The van der Waals surface area contributed by atoms with Crippen LogP contribution < -0.4 is 0 Å². The minimum absolute atomic E-state index is 0.478. The molecular formula is C11H12O9. The molecule has 0 aromatic carbocycles. The summed E-state index contributed by atoms with van der Waals surface area (Å²) in [6.07, 6.45) is -2.05. The van der Waals surface area contributed by atoms with Crippen molar-refractivity contribution in [2.24, 2.45) is 0 Å². The van der Waals surface area contributed by atoms with Crippen LogP contribution in [0.3, 0.4) is 0 Å².